The maximum Gasteiger partial charge on any atom is 0.245 e. The van der Waals surface area contributed by atoms with E-state index in [1.54, 1.807) is 60.5 Å². The second kappa shape index (κ2) is 8.30. The molecule has 0 radical (unpaired) electrons. The molecule has 0 saturated carbocycles. The summed E-state index contributed by atoms with van der Waals surface area (Å²) < 4.78 is 33.0. The number of hydrogen-bond donors (Lipinski definition) is 0. The Morgan fingerprint density at radius 1 is 1.07 bits per heavy atom. The monoisotopic (exact) mass is 403 g/mol. The van der Waals surface area contributed by atoms with Crippen LogP contribution in [0.15, 0.2) is 53.4 Å². The summed E-state index contributed by atoms with van der Waals surface area (Å²) in [5, 5.41) is 0. The number of nitrogens with zero attached hydrogens (tertiary/aromatic N) is 3. The number of sulfonamides is 1. The molecule has 1 amide bonds. The molecule has 1 heterocycles. The SMILES string of the molecule is COc1ccc(CN2CC(=O)N(CCN(C)C)c3ccccc3S2(=O)=O)cc1. The molecule has 1 aliphatic heterocycles. The summed E-state index contributed by atoms with van der Waals surface area (Å²) in [6, 6.07) is 13.9. The average Bonchev–Trinajstić information content (AvgIpc) is 2.75. The van der Waals surface area contributed by atoms with Gasteiger partial charge in [-0.3, -0.25) is 4.79 Å². The topological polar surface area (TPSA) is 70.2 Å². The first kappa shape index (κ1) is 20.3. The number of carbonyl (C=O) groups excluding carboxylic acids is 1. The Kier molecular flexibility index (Phi) is 6.02. The second-order valence-corrected chi connectivity index (χ2v) is 8.84. The van der Waals surface area contributed by atoms with E-state index in [0.29, 0.717) is 24.5 Å². The molecule has 0 N–H and O–H groups in total. The number of benzene rings is 2. The number of fused-ring (bicyclic) bond motifs is 1. The normalized spacial score (nSPS) is 16.7. The van der Waals surface area contributed by atoms with Crippen molar-refractivity contribution in [3.05, 3.63) is 54.1 Å². The molecule has 3 rings (SSSR count). The molecule has 1 aliphatic rings. The molecular formula is C20H25N3O4S. The van der Waals surface area contributed by atoms with E-state index in [0.717, 1.165) is 5.56 Å². The molecule has 0 unspecified atom stereocenters. The molecule has 8 heteroatoms. The van der Waals surface area contributed by atoms with Crippen molar-refractivity contribution in [2.24, 2.45) is 0 Å². The summed E-state index contributed by atoms with van der Waals surface area (Å²) in [6.07, 6.45) is 0. The van der Waals surface area contributed by atoms with Crippen LogP contribution in [-0.2, 0) is 21.4 Å². The average molecular weight is 404 g/mol. The van der Waals surface area contributed by atoms with Gasteiger partial charge in [-0.2, -0.15) is 4.31 Å². The molecule has 28 heavy (non-hydrogen) atoms. The second-order valence-electron chi connectivity index (χ2n) is 6.94. The first-order valence-corrected chi connectivity index (χ1v) is 10.4. The fourth-order valence-electron chi connectivity index (χ4n) is 3.11. The number of ether oxygens (including phenoxy) is 1. The largest absolute Gasteiger partial charge is 0.497 e. The fraction of sp³-hybridized carbons (Fsp3) is 0.350. The van der Waals surface area contributed by atoms with E-state index in [1.165, 1.54) is 4.31 Å². The van der Waals surface area contributed by atoms with Gasteiger partial charge in [0.1, 0.15) is 10.6 Å². The van der Waals surface area contributed by atoms with Gasteiger partial charge < -0.3 is 14.5 Å². The zero-order valence-electron chi connectivity index (χ0n) is 16.3. The van der Waals surface area contributed by atoms with E-state index in [9.17, 15) is 13.2 Å². The van der Waals surface area contributed by atoms with E-state index < -0.39 is 10.0 Å². The Labute approximate surface area is 166 Å². The van der Waals surface area contributed by atoms with Crippen LogP contribution in [0.5, 0.6) is 5.75 Å². The van der Waals surface area contributed by atoms with Gasteiger partial charge in [-0.15, -0.1) is 0 Å². The van der Waals surface area contributed by atoms with Gasteiger partial charge in [0.15, 0.2) is 0 Å². The molecule has 0 fully saturated rings. The van der Waals surface area contributed by atoms with Gasteiger partial charge in [-0.05, 0) is 43.9 Å². The van der Waals surface area contributed by atoms with E-state index in [4.69, 9.17) is 4.74 Å². The van der Waals surface area contributed by atoms with Crippen molar-refractivity contribution in [2.45, 2.75) is 11.4 Å². The molecule has 0 bridgehead atoms. The molecular weight excluding hydrogens is 378 g/mol. The van der Waals surface area contributed by atoms with Crippen molar-refractivity contribution in [3.8, 4) is 5.75 Å². The number of hydrogen-bond acceptors (Lipinski definition) is 5. The van der Waals surface area contributed by atoms with Crippen molar-refractivity contribution >= 4 is 21.6 Å². The lowest BCUT2D eigenvalue weighted by Gasteiger charge is -2.23. The summed E-state index contributed by atoms with van der Waals surface area (Å²) in [6.45, 7) is 0.984. The van der Waals surface area contributed by atoms with E-state index in [2.05, 4.69) is 0 Å². The summed E-state index contributed by atoms with van der Waals surface area (Å²) in [7, 11) is 1.60. The number of carbonyl (C=O) groups is 1. The zero-order chi connectivity index (χ0) is 20.3. The third-order valence-electron chi connectivity index (χ3n) is 4.68. The van der Waals surface area contributed by atoms with Crippen LogP contribution < -0.4 is 9.64 Å². The highest BCUT2D eigenvalue weighted by Crippen LogP contribution is 2.32. The minimum Gasteiger partial charge on any atom is -0.497 e. The smallest absolute Gasteiger partial charge is 0.245 e. The summed E-state index contributed by atoms with van der Waals surface area (Å²) in [4.78, 5) is 16.7. The zero-order valence-corrected chi connectivity index (χ0v) is 17.1. The van der Waals surface area contributed by atoms with Crippen LogP contribution in [0.2, 0.25) is 0 Å². The van der Waals surface area contributed by atoms with Crippen molar-refractivity contribution in [3.63, 3.8) is 0 Å². The Balaban J connectivity index is 1.97. The molecule has 7 nitrogen and oxygen atoms in total. The van der Waals surface area contributed by atoms with E-state index in [-0.39, 0.29) is 23.9 Å². The Hall–Kier alpha value is -2.42. The first-order chi connectivity index (χ1) is 13.3. The van der Waals surface area contributed by atoms with Crippen molar-refractivity contribution in [1.82, 2.24) is 9.21 Å². The van der Waals surface area contributed by atoms with Crippen LogP contribution in [0.25, 0.3) is 0 Å². The maximum absolute atomic E-state index is 13.3. The number of likely N-dealkylation sites (N-methyl/N-ethyl adjacent to an activating group) is 1. The molecule has 0 aliphatic carbocycles. The van der Waals surface area contributed by atoms with Gasteiger partial charge in [0.2, 0.25) is 15.9 Å². The Morgan fingerprint density at radius 3 is 2.39 bits per heavy atom. The van der Waals surface area contributed by atoms with Gasteiger partial charge in [-0.1, -0.05) is 24.3 Å². The Morgan fingerprint density at radius 2 is 1.75 bits per heavy atom. The molecule has 0 spiro atoms. The number of rotatable bonds is 6. The number of anilines is 1. The van der Waals surface area contributed by atoms with Gasteiger partial charge in [0.25, 0.3) is 0 Å². The lowest BCUT2D eigenvalue weighted by molar-refractivity contribution is -0.118. The standard InChI is InChI=1S/C20H25N3O4S/c1-21(2)12-13-23-18-6-4-5-7-19(18)28(25,26)22(15-20(23)24)14-16-8-10-17(27-3)11-9-16/h4-11H,12-15H2,1-3H3. The molecule has 0 atom stereocenters. The molecule has 2 aromatic rings. The Bertz CT molecular complexity index is 942. The van der Waals surface area contributed by atoms with E-state index >= 15 is 0 Å². The van der Waals surface area contributed by atoms with Crippen LogP contribution in [-0.4, -0.2) is 64.4 Å². The van der Waals surface area contributed by atoms with Gasteiger partial charge in [0, 0.05) is 19.6 Å². The summed E-state index contributed by atoms with van der Waals surface area (Å²) in [5.41, 5.74) is 1.22. The van der Waals surface area contributed by atoms with E-state index in [1.807, 2.05) is 19.0 Å². The number of para-hydroxylation sites is 1. The minimum atomic E-state index is -3.81. The van der Waals surface area contributed by atoms with Crippen molar-refractivity contribution in [2.75, 3.05) is 45.7 Å². The van der Waals surface area contributed by atoms with Gasteiger partial charge >= 0.3 is 0 Å². The summed E-state index contributed by atoms with van der Waals surface area (Å²) >= 11 is 0. The highest BCUT2D eigenvalue weighted by molar-refractivity contribution is 7.89. The highest BCUT2D eigenvalue weighted by Gasteiger charge is 2.36. The number of amides is 1. The maximum atomic E-state index is 13.3. The third kappa shape index (κ3) is 4.19. The van der Waals surface area contributed by atoms with Crippen molar-refractivity contribution in [1.29, 1.82) is 0 Å². The van der Waals surface area contributed by atoms with Crippen LogP contribution in [0.1, 0.15) is 5.56 Å². The lowest BCUT2D eigenvalue weighted by Crippen LogP contribution is -2.41. The van der Waals surface area contributed by atoms with Crippen LogP contribution in [0, 0.1) is 0 Å². The molecule has 0 saturated heterocycles. The molecule has 150 valence electrons. The summed E-state index contributed by atoms with van der Waals surface area (Å²) in [5.74, 6) is 0.461. The predicted molar refractivity (Wildman–Crippen MR) is 108 cm³/mol. The third-order valence-corrected chi connectivity index (χ3v) is 6.51. The van der Waals surface area contributed by atoms with Crippen LogP contribution in [0.4, 0.5) is 5.69 Å². The minimum absolute atomic E-state index is 0.119. The number of methoxy groups -OCH3 is 1. The quantitative estimate of drug-likeness (QED) is 0.736. The fourth-order valence-corrected chi connectivity index (χ4v) is 4.68. The first-order valence-electron chi connectivity index (χ1n) is 9.00. The van der Waals surface area contributed by atoms with Gasteiger partial charge in [0.05, 0.1) is 19.3 Å². The predicted octanol–water partition coefficient (Wildman–Crippen LogP) is 1.79. The van der Waals surface area contributed by atoms with Crippen molar-refractivity contribution < 1.29 is 17.9 Å². The van der Waals surface area contributed by atoms with Crippen LogP contribution in [0.3, 0.4) is 0 Å². The highest BCUT2D eigenvalue weighted by atomic mass is 32.2. The molecule has 0 aromatic heterocycles. The van der Waals surface area contributed by atoms with Gasteiger partial charge in [-0.25, -0.2) is 8.42 Å². The molecule has 2 aromatic carbocycles. The van der Waals surface area contributed by atoms with Crippen LogP contribution >= 0.6 is 0 Å². The lowest BCUT2D eigenvalue weighted by atomic mass is 10.2.